The molecule has 0 unspecified atom stereocenters. The molecule has 3 aromatic rings. The second kappa shape index (κ2) is 7.93. The molecule has 3 aromatic carbocycles. The molecular formula is C23H23NO2. The second-order valence-electron chi connectivity index (χ2n) is 6.66. The Kier molecular flexibility index (Phi) is 5.43. The van der Waals surface area contributed by atoms with Crippen LogP contribution in [0.5, 0.6) is 11.5 Å². The first-order chi connectivity index (χ1) is 12.6. The van der Waals surface area contributed by atoms with Gasteiger partial charge < -0.3 is 9.47 Å². The fourth-order valence-electron chi connectivity index (χ4n) is 3.03. The topological polar surface area (TPSA) is 42.2 Å². The van der Waals surface area contributed by atoms with Crippen LogP contribution in [0.4, 0.5) is 0 Å². The molecule has 0 saturated heterocycles. The van der Waals surface area contributed by atoms with E-state index in [1.54, 1.807) is 0 Å². The maximum Gasteiger partial charge on any atom is 0.137 e. The highest BCUT2D eigenvalue weighted by Crippen LogP contribution is 2.29. The molecule has 0 aliphatic carbocycles. The number of nitrogens with zero attached hydrogens (tertiary/aromatic N) is 1. The van der Waals surface area contributed by atoms with E-state index in [1.165, 1.54) is 11.1 Å². The van der Waals surface area contributed by atoms with Gasteiger partial charge in [-0.05, 0) is 41.5 Å². The lowest BCUT2D eigenvalue weighted by Gasteiger charge is -2.15. The Balaban J connectivity index is 1.69. The zero-order valence-corrected chi connectivity index (χ0v) is 15.5. The van der Waals surface area contributed by atoms with Crippen molar-refractivity contribution < 1.29 is 9.47 Å². The van der Waals surface area contributed by atoms with Crippen molar-refractivity contribution in [2.45, 2.75) is 26.7 Å². The zero-order valence-electron chi connectivity index (χ0n) is 15.5. The third kappa shape index (κ3) is 3.81. The van der Waals surface area contributed by atoms with E-state index < -0.39 is 0 Å². The monoisotopic (exact) mass is 345 g/mol. The van der Waals surface area contributed by atoms with Gasteiger partial charge in [0.2, 0.25) is 0 Å². The quantitative estimate of drug-likeness (QED) is 0.546. The zero-order chi connectivity index (χ0) is 18.5. The number of aryl methyl sites for hydroxylation is 1. The average Bonchev–Trinajstić information content (AvgIpc) is 2.64. The van der Waals surface area contributed by atoms with Crippen LogP contribution in [0, 0.1) is 18.3 Å². The van der Waals surface area contributed by atoms with Gasteiger partial charge in [-0.1, -0.05) is 56.3 Å². The Bertz CT molecular complexity index is 954. The normalized spacial score (nSPS) is 10.7. The van der Waals surface area contributed by atoms with E-state index in [0.717, 1.165) is 16.5 Å². The maximum atomic E-state index is 9.52. The van der Waals surface area contributed by atoms with Crippen molar-refractivity contribution in [2.75, 3.05) is 13.2 Å². The molecule has 3 nitrogen and oxygen atoms in total. The molecule has 3 rings (SSSR count). The Hall–Kier alpha value is -2.99. The van der Waals surface area contributed by atoms with E-state index in [9.17, 15) is 5.26 Å². The first-order valence-corrected chi connectivity index (χ1v) is 8.88. The number of ether oxygens (including phenoxy) is 2. The standard InChI is InChI=1S/C23H23NO2/c1-16(2)19-10-8-17(3)14-23(19)26-13-12-25-22-11-9-18-6-4-5-7-20(18)21(22)15-24/h4-11,14,16H,12-13H2,1-3H3. The van der Waals surface area contributed by atoms with Gasteiger partial charge in [0, 0.05) is 5.39 Å². The van der Waals surface area contributed by atoms with Gasteiger partial charge in [0.15, 0.2) is 0 Å². The molecule has 0 bridgehead atoms. The summed E-state index contributed by atoms with van der Waals surface area (Å²) in [5.74, 6) is 1.91. The van der Waals surface area contributed by atoms with Crippen LogP contribution in [0.3, 0.4) is 0 Å². The van der Waals surface area contributed by atoms with Crippen molar-refractivity contribution in [1.82, 2.24) is 0 Å². The van der Waals surface area contributed by atoms with Crippen LogP contribution in [-0.4, -0.2) is 13.2 Å². The predicted octanol–water partition coefficient (Wildman–Crippen LogP) is 5.60. The highest BCUT2D eigenvalue weighted by Gasteiger charge is 2.10. The van der Waals surface area contributed by atoms with Crippen molar-refractivity contribution in [2.24, 2.45) is 0 Å². The van der Waals surface area contributed by atoms with Gasteiger partial charge in [-0.2, -0.15) is 5.26 Å². The third-order valence-corrected chi connectivity index (χ3v) is 4.39. The summed E-state index contributed by atoms with van der Waals surface area (Å²) in [6, 6.07) is 20.2. The fraction of sp³-hybridized carbons (Fsp3) is 0.261. The highest BCUT2D eigenvalue weighted by atomic mass is 16.5. The molecule has 0 fully saturated rings. The number of nitriles is 1. The van der Waals surface area contributed by atoms with Gasteiger partial charge in [0.05, 0.1) is 0 Å². The Morgan fingerprint density at radius 3 is 2.38 bits per heavy atom. The Morgan fingerprint density at radius 2 is 1.65 bits per heavy atom. The van der Waals surface area contributed by atoms with Crippen LogP contribution in [-0.2, 0) is 0 Å². The summed E-state index contributed by atoms with van der Waals surface area (Å²) in [7, 11) is 0. The lowest BCUT2D eigenvalue weighted by Crippen LogP contribution is -2.11. The highest BCUT2D eigenvalue weighted by molar-refractivity contribution is 5.90. The van der Waals surface area contributed by atoms with Crippen LogP contribution in [0.2, 0.25) is 0 Å². The number of rotatable bonds is 6. The van der Waals surface area contributed by atoms with Gasteiger partial charge in [-0.25, -0.2) is 0 Å². The molecular weight excluding hydrogens is 322 g/mol. The number of hydrogen-bond donors (Lipinski definition) is 0. The van der Waals surface area contributed by atoms with Gasteiger partial charge in [0.25, 0.3) is 0 Å². The van der Waals surface area contributed by atoms with Gasteiger partial charge in [-0.3, -0.25) is 0 Å². The summed E-state index contributed by atoms with van der Waals surface area (Å²) >= 11 is 0. The van der Waals surface area contributed by atoms with E-state index in [1.807, 2.05) is 36.4 Å². The number of hydrogen-bond acceptors (Lipinski definition) is 3. The van der Waals surface area contributed by atoms with E-state index in [0.29, 0.717) is 30.4 Å². The van der Waals surface area contributed by atoms with E-state index >= 15 is 0 Å². The molecule has 0 aromatic heterocycles. The third-order valence-electron chi connectivity index (χ3n) is 4.39. The van der Waals surface area contributed by atoms with Crippen molar-refractivity contribution in [3.63, 3.8) is 0 Å². The summed E-state index contributed by atoms with van der Waals surface area (Å²) < 4.78 is 11.8. The van der Waals surface area contributed by atoms with Gasteiger partial charge >= 0.3 is 0 Å². The lowest BCUT2D eigenvalue weighted by molar-refractivity contribution is 0.215. The molecule has 0 aliphatic rings. The largest absolute Gasteiger partial charge is 0.490 e. The van der Waals surface area contributed by atoms with Gasteiger partial charge in [-0.15, -0.1) is 0 Å². The van der Waals surface area contributed by atoms with E-state index in [-0.39, 0.29) is 0 Å². The van der Waals surface area contributed by atoms with Crippen LogP contribution < -0.4 is 9.47 Å². The van der Waals surface area contributed by atoms with E-state index in [4.69, 9.17) is 9.47 Å². The van der Waals surface area contributed by atoms with Crippen molar-refractivity contribution in [3.05, 3.63) is 71.3 Å². The molecule has 0 amide bonds. The summed E-state index contributed by atoms with van der Waals surface area (Å²) in [5, 5.41) is 11.5. The van der Waals surface area contributed by atoms with Crippen molar-refractivity contribution in [1.29, 1.82) is 5.26 Å². The fourth-order valence-corrected chi connectivity index (χ4v) is 3.03. The number of fused-ring (bicyclic) bond motifs is 1. The summed E-state index contributed by atoms with van der Waals surface area (Å²) in [6.45, 7) is 7.19. The van der Waals surface area contributed by atoms with Crippen molar-refractivity contribution >= 4 is 10.8 Å². The van der Waals surface area contributed by atoms with Crippen LogP contribution in [0.1, 0.15) is 36.5 Å². The molecule has 26 heavy (non-hydrogen) atoms. The summed E-state index contributed by atoms with van der Waals surface area (Å²) in [6.07, 6.45) is 0. The molecule has 0 N–H and O–H groups in total. The van der Waals surface area contributed by atoms with Gasteiger partial charge in [0.1, 0.15) is 36.3 Å². The molecule has 0 atom stereocenters. The van der Waals surface area contributed by atoms with Crippen LogP contribution in [0.15, 0.2) is 54.6 Å². The molecule has 3 heteroatoms. The average molecular weight is 345 g/mol. The first-order valence-electron chi connectivity index (χ1n) is 8.88. The van der Waals surface area contributed by atoms with E-state index in [2.05, 4.69) is 45.0 Å². The molecule has 0 saturated carbocycles. The first kappa shape index (κ1) is 17.8. The predicted molar refractivity (Wildman–Crippen MR) is 105 cm³/mol. The second-order valence-corrected chi connectivity index (χ2v) is 6.66. The van der Waals surface area contributed by atoms with Crippen molar-refractivity contribution in [3.8, 4) is 17.6 Å². The summed E-state index contributed by atoms with van der Waals surface area (Å²) in [5.41, 5.74) is 2.94. The summed E-state index contributed by atoms with van der Waals surface area (Å²) in [4.78, 5) is 0. The van der Waals surface area contributed by atoms with Crippen LogP contribution in [0.25, 0.3) is 10.8 Å². The molecule has 0 radical (unpaired) electrons. The minimum absolute atomic E-state index is 0.387. The SMILES string of the molecule is Cc1ccc(C(C)C)c(OCCOc2ccc3ccccc3c2C#N)c1. The molecule has 0 heterocycles. The molecule has 132 valence electrons. The molecule has 0 spiro atoms. The molecule has 0 aliphatic heterocycles. The lowest BCUT2D eigenvalue weighted by atomic mass is 10.0. The number of benzene rings is 3. The Morgan fingerprint density at radius 1 is 0.923 bits per heavy atom. The van der Waals surface area contributed by atoms with Crippen LogP contribution >= 0.6 is 0 Å². The Labute approximate surface area is 154 Å². The minimum atomic E-state index is 0.387. The smallest absolute Gasteiger partial charge is 0.137 e. The minimum Gasteiger partial charge on any atom is -0.490 e. The maximum absolute atomic E-state index is 9.52.